The lowest BCUT2D eigenvalue weighted by atomic mass is 9.80. The van der Waals surface area contributed by atoms with Crippen LogP contribution in [0.1, 0.15) is 72.4 Å². The van der Waals surface area contributed by atoms with E-state index in [-0.39, 0.29) is 10.8 Å². The van der Waals surface area contributed by atoms with Crippen LogP contribution in [0.5, 0.6) is 0 Å². The molecular weight excluding hydrogens is 334 g/mol. The van der Waals surface area contributed by atoms with Gasteiger partial charge in [0.2, 0.25) is 0 Å². The Hall–Kier alpha value is -1.41. The highest BCUT2D eigenvalue weighted by Gasteiger charge is 2.27. The van der Waals surface area contributed by atoms with Crippen LogP contribution >= 0.6 is 11.8 Å². The molecule has 0 fully saturated rings. The van der Waals surface area contributed by atoms with Crippen LogP contribution < -0.4 is 4.90 Å². The minimum absolute atomic E-state index is 0.178. The van der Waals surface area contributed by atoms with Crippen molar-refractivity contribution in [1.82, 2.24) is 0 Å². The molecule has 0 atom stereocenters. The molecule has 2 heteroatoms. The molecule has 2 aromatic carbocycles. The maximum atomic E-state index is 2.46. The number of nitrogens with zero attached hydrogens (tertiary/aromatic N) is 1. The van der Waals surface area contributed by atoms with E-state index in [1.54, 1.807) is 0 Å². The summed E-state index contributed by atoms with van der Waals surface area (Å²) in [6, 6.07) is 14.1. The monoisotopic (exact) mass is 367 g/mol. The molecule has 1 aliphatic heterocycles. The molecule has 140 valence electrons. The molecule has 1 nitrogen and oxygen atoms in total. The van der Waals surface area contributed by atoms with Gasteiger partial charge in [-0.3, -0.25) is 0 Å². The van der Waals surface area contributed by atoms with Gasteiger partial charge in [-0.05, 0) is 59.6 Å². The van der Waals surface area contributed by atoms with Gasteiger partial charge in [0.1, 0.15) is 0 Å². The van der Waals surface area contributed by atoms with E-state index < -0.39 is 0 Å². The summed E-state index contributed by atoms with van der Waals surface area (Å²) in [6.07, 6.45) is 2.44. The van der Waals surface area contributed by atoms with Gasteiger partial charge in [0.15, 0.2) is 0 Å². The molecule has 0 saturated heterocycles. The predicted octanol–water partition coefficient (Wildman–Crippen LogP) is 7.68. The molecule has 0 amide bonds. The van der Waals surface area contributed by atoms with E-state index in [1.807, 2.05) is 11.8 Å². The molecule has 0 radical (unpaired) electrons. The van der Waals surface area contributed by atoms with Gasteiger partial charge in [-0.15, -0.1) is 0 Å². The zero-order valence-electron chi connectivity index (χ0n) is 17.4. The minimum Gasteiger partial charge on any atom is -0.340 e. The normalized spacial score (nSPS) is 14.2. The highest BCUT2D eigenvalue weighted by atomic mass is 32.2. The molecule has 1 aliphatic rings. The molecule has 0 spiro atoms. The lowest BCUT2D eigenvalue weighted by Crippen LogP contribution is -2.22. The van der Waals surface area contributed by atoms with Crippen molar-refractivity contribution in [3.63, 3.8) is 0 Å². The fourth-order valence-corrected chi connectivity index (χ4v) is 5.06. The molecule has 0 saturated carbocycles. The third-order valence-corrected chi connectivity index (χ3v) is 6.65. The first-order chi connectivity index (χ1) is 12.2. The largest absolute Gasteiger partial charge is 0.340 e. The maximum absolute atomic E-state index is 2.46. The van der Waals surface area contributed by atoms with Crippen molar-refractivity contribution in [3.05, 3.63) is 47.5 Å². The number of hydrogen-bond donors (Lipinski definition) is 0. The summed E-state index contributed by atoms with van der Waals surface area (Å²) in [5.41, 5.74) is 5.97. The number of fused-ring (bicyclic) bond motifs is 2. The first-order valence-electron chi connectivity index (χ1n) is 9.92. The number of hydrogen-bond acceptors (Lipinski definition) is 2. The average molecular weight is 368 g/mol. The molecule has 0 bridgehead atoms. The van der Waals surface area contributed by atoms with E-state index in [0.717, 1.165) is 6.54 Å². The summed E-state index contributed by atoms with van der Waals surface area (Å²) < 4.78 is 0. The third-order valence-electron chi connectivity index (χ3n) is 5.56. The van der Waals surface area contributed by atoms with E-state index in [9.17, 15) is 0 Å². The SMILES string of the molecule is CCCC(C)(C)c1ccc2c(c1)Sc1cc(C(C)(C)C)ccc1N2CC. The fourth-order valence-electron chi connectivity index (χ4n) is 3.88. The van der Waals surface area contributed by atoms with Crippen molar-refractivity contribution in [2.45, 2.75) is 81.9 Å². The highest BCUT2D eigenvalue weighted by Crippen LogP contribution is 2.50. The molecule has 2 aromatic rings. The third kappa shape index (κ3) is 3.53. The number of anilines is 2. The standard InChI is InChI=1S/C24H33NS/c1-8-14-24(6,7)18-11-13-20-22(16-18)26-21-15-17(23(3,4)5)10-12-19(21)25(20)9-2/h10-13,15-16H,8-9,14H2,1-7H3. The second kappa shape index (κ2) is 6.96. The highest BCUT2D eigenvalue weighted by molar-refractivity contribution is 7.99. The summed E-state index contributed by atoms with van der Waals surface area (Å²) >= 11 is 1.94. The fraction of sp³-hybridized carbons (Fsp3) is 0.500. The van der Waals surface area contributed by atoms with Gasteiger partial charge in [0.05, 0.1) is 11.4 Å². The number of benzene rings is 2. The molecule has 0 aromatic heterocycles. The van der Waals surface area contributed by atoms with E-state index in [1.165, 1.54) is 45.1 Å². The number of rotatable bonds is 4. The van der Waals surface area contributed by atoms with Crippen molar-refractivity contribution in [2.24, 2.45) is 0 Å². The Morgan fingerprint density at radius 1 is 0.808 bits per heavy atom. The van der Waals surface area contributed by atoms with Gasteiger partial charge in [-0.1, -0.05) is 71.9 Å². The van der Waals surface area contributed by atoms with Gasteiger partial charge in [0.25, 0.3) is 0 Å². The Morgan fingerprint density at radius 2 is 1.35 bits per heavy atom. The van der Waals surface area contributed by atoms with Crippen LogP contribution in [0.15, 0.2) is 46.2 Å². The van der Waals surface area contributed by atoms with Crippen molar-refractivity contribution >= 4 is 23.1 Å². The van der Waals surface area contributed by atoms with E-state index >= 15 is 0 Å². The summed E-state index contributed by atoms with van der Waals surface area (Å²) in [5.74, 6) is 0. The summed E-state index contributed by atoms with van der Waals surface area (Å²) in [4.78, 5) is 5.24. The molecule has 1 heterocycles. The summed E-state index contributed by atoms with van der Waals surface area (Å²) in [7, 11) is 0. The Bertz CT molecular complexity index is 798. The van der Waals surface area contributed by atoms with Crippen LogP contribution in [0.2, 0.25) is 0 Å². The predicted molar refractivity (Wildman–Crippen MR) is 116 cm³/mol. The second-order valence-electron chi connectivity index (χ2n) is 9.10. The molecule has 26 heavy (non-hydrogen) atoms. The molecule has 0 aliphatic carbocycles. The molecule has 0 unspecified atom stereocenters. The van der Waals surface area contributed by atoms with Crippen LogP contribution in [0.3, 0.4) is 0 Å². The first kappa shape index (κ1) is 19.4. The zero-order chi connectivity index (χ0) is 19.1. The van der Waals surface area contributed by atoms with Gasteiger partial charge in [0, 0.05) is 16.3 Å². The zero-order valence-corrected chi connectivity index (χ0v) is 18.3. The van der Waals surface area contributed by atoms with Crippen LogP contribution in [-0.2, 0) is 10.8 Å². The quantitative estimate of drug-likeness (QED) is 0.545. The van der Waals surface area contributed by atoms with Crippen LogP contribution in [0, 0.1) is 0 Å². The Labute approximate surface area is 164 Å². The topological polar surface area (TPSA) is 3.24 Å². The van der Waals surface area contributed by atoms with Crippen LogP contribution in [0.25, 0.3) is 0 Å². The van der Waals surface area contributed by atoms with E-state index in [2.05, 4.69) is 89.8 Å². The smallest absolute Gasteiger partial charge is 0.0552 e. The molecule has 3 rings (SSSR count). The van der Waals surface area contributed by atoms with Crippen LogP contribution in [0.4, 0.5) is 11.4 Å². The lowest BCUT2D eigenvalue weighted by molar-refractivity contribution is 0.472. The second-order valence-corrected chi connectivity index (χ2v) is 10.2. The summed E-state index contributed by atoms with van der Waals surface area (Å²) in [6.45, 7) is 17.1. The molecular formula is C24H33NS. The van der Waals surface area contributed by atoms with Crippen molar-refractivity contribution in [2.75, 3.05) is 11.4 Å². The van der Waals surface area contributed by atoms with Gasteiger partial charge >= 0.3 is 0 Å². The van der Waals surface area contributed by atoms with Gasteiger partial charge in [-0.25, -0.2) is 0 Å². The van der Waals surface area contributed by atoms with Crippen molar-refractivity contribution in [1.29, 1.82) is 0 Å². The first-order valence-corrected chi connectivity index (χ1v) is 10.7. The molecule has 0 N–H and O–H groups in total. The minimum atomic E-state index is 0.178. The van der Waals surface area contributed by atoms with Crippen LogP contribution in [-0.4, -0.2) is 6.54 Å². The maximum Gasteiger partial charge on any atom is 0.0552 e. The van der Waals surface area contributed by atoms with Gasteiger partial charge < -0.3 is 4.90 Å². The van der Waals surface area contributed by atoms with E-state index in [4.69, 9.17) is 0 Å². The Morgan fingerprint density at radius 3 is 1.85 bits per heavy atom. The lowest BCUT2D eigenvalue weighted by Gasteiger charge is -2.34. The van der Waals surface area contributed by atoms with E-state index in [0.29, 0.717) is 0 Å². The van der Waals surface area contributed by atoms with Gasteiger partial charge in [-0.2, -0.15) is 0 Å². The Balaban J connectivity index is 2.06. The Kier molecular flexibility index (Phi) is 5.18. The summed E-state index contributed by atoms with van der Waals surface area (Å²) in [5, 5.41) is 0. The average Bonchev–Trinajstić information content (AvgIpc) is 2.57. The van der Waals surface area contributed by atoms with Crippen molar-refractivity contribution < 1.29 is 0 Å². The van der Waals surface area contributed by atoms with Crippen molar-refractivity contribution in [3.8, 4) is 0 Å².